The lowest BCUT2D eigenvalue weighted by Gasteiger charge is -2.23. The SMILES string of the molecule is O=C(NCc1nn(CCN2CCCC2)c(=O)c2ccccc12)NC1CCCCC1. The third-order valence-electron chi connectivity index (χ3n) is 6.13. The molecule has 4 rings (SSSR count). The van der Waals surface area contributed by atoms with Crippen molar-refractivity contribution in [3.8, 4) is 0 Å². The van der Waals surface area contributed by atoms with E-state index in [-0.39, 0.29) is 17.6 Å². The molecule has 29 heavy (non-hydrogen) atoms. The molecule has 7 heteroatoms. The summed E-state index contributed by atoms with van der Waals surface area (Å²) in [6, 6.07) is 7.65. The molecule has 1 aromatic heterocycles. The summed E-state index contributed by atoms with van der Waals surface area (Å²) in [5.41, 5.74) is 0.677. The summed E-state index contributed by atoms with van der Waals surface area (Å²) in [5.74, 6) is 0. The number of benzene rings is 1. The fourth-order valence-electron chi connectivity index (χ4n) is 4.48. The van der Waals surface area contributed by atoms with Crippen molar-refractivity contribution < 1.29 is 4.79 Å². The third-order valence-corrected chi connectivity index (χ3v) is 6.13. The number of carbonyl (C=O) groups is 1. The first kappa shape index (κ1) is 19.9. The van der Waals surface area contributed by atoms with Gasteiger partial charge in [-0.3, -0.25) is 4.79 Å². The molecule has 7 nitrogen and oxygen atoms in total. The summed E-state index contributed by atoms with van der Waals surface area (Å²) >= 11 is 0. The predicted octanol–water partition coefficient (Wildman–Crippen LogP) is 2.62. The van der Waals surface area contributed by atoms with Gasteiger partial charge in [-0.25, -0.2) is 9.48 Å². The van der Waals surface area contributed by atoms with Gasteiger partial charge < -0.3 is 15.5 Å². The first-order chi connectivity index (χ1) is 14.2. The number of likely N-dealkylation sites (tertiary alicyclic amines) is 1. The summed E-state index contributed by atoms with van der Waals surface area (Å²) in [7, 11) is 0. The van der Waals surface area contributed by atoms with E-state index in [9.17, 15) is 9.59 Å². The number of aromatic nitrogens is 2. The second kappa shape index (κ2) is 9.39. The van der Waals surface area contributed by atoms with E-state index in [1.807, 2.05) is 24.3 Å². The number of amides is 2. The second-order valence-corrected chi connectivity index (χ2v) is 8.23. The average Bonchev–Trinajstić information content (AvgIpc) is 3.27. The van der Waals surface area contributed by atoms with Crippen molar-refractivity contribution in [1.82, 2.24) is 25.3 Å². The third kappa shape index (κ3) is 4.96. The van der Waals surface area contributed by atoms with Gasteiger partial charge in [0.05, 0.1) is 24.2 Å². The van der Waals surface area contributed by atoms with E-state index in [1.165, 1.54) is 32.1 Å². The molecule has 2 heterocycles. The lowest BCUT2D eigenvalue weighted by molar-refractivity contribution is 0.232. The standard InChI is InChI=1S/C22H31N5O2/c28-21-19-11-5-4-10-18(19)20(25-27(21)15-14-26-12-6-7-13-26)16-23-22(29)24-17-8-2-1-3-9-17/h4-5,10-11,17H,1-3,6-9,12-16H2,(H2,23,24,29). The molecule has 2 aromatic rings. The Kier molecular flexibility index (Phi) is 6.44. The summed E-state index contributed by atoms with van der Waals surface area (Å²) < 4.78 is 1.57. The molecule has 2 aliphatic rings. The highest BCUT2D eigenvalue weighted by Crippen LogP contribution is 2.17. The molecule has 2 N–H and O–H groups in total. The van der Waals surface area contributed by atoms with Gasteiger partial charge in [0.15, 0.2) is 0 Å². The summed E-state index contributed by atoms with van der Waals surface area (Å²) in [6.45, 7) is 3.91. The van der Waals surface area contributed by atoms with Gasteiger partial charge >= 0.3 is 6.03 Å². The van der Waals surface area contributed by atoms with Crippen LogP contribution in [0.1, 0.15) is 50.6 Å². The van der Waals surface area contributed by atoms with Gasteiger partial charge in [-0.2, -0.15) is 5.10 Å². The molecule has 2 amide bonds. The number of urea groups is 1. The molecule has 1 aliphatic heterocycles. The van der Waals surface area contributed by atoms with E-state index in [1.54, 1.807) is 4.68 Å². The maximum Gasteiger partial charge on any atom is 0.315 e. The van der Waals surface area contributed by atoms with Crippen LogP contribution in [0.25, 0.3) is 10.8 Å². The van der Waals surface area contributed by atoms with E-state index in [4.69, 9.17) is 0 Å². The number of hydrogen-bond donors (Lipinski definition) is 2. The Hall–Kier alpha value is -2.41. The summed E-state index contributed by atoms with van der Waals surface area (Å²) in [6.07, 6.45) is 8.18. The Balaban J connectivity index is 1.47. The van der Waals surface area contributed by atoms with E-state index in [2.05, 4.69) is 20.6 Å². The topological polar surface area (TPSA) is 79.3 Å². The minimum Gasteiger partial charge on any atom is -0.335 e. The van der Waals surface area contributed by atoms with E-state index >= 15 is 0 Å². The van der Waals surface area contributed by atoms with Crippen molar-refractivity contribution in [3.05, 3.63) is 40.3 Å². The van der Waals surface area contributed by atoms with Crippen LogP contribution >= 0.6 is 0 Å². The lowest BCUT2D eigenvalue weighted by atomic mass is 9.96. The van der Waals surface area contributed by atoms with Crippen LogP contribution in [0.5, 0.6) is 0 Å². The zero-order chi connectivity index (χ0) is 20.1. The Bertz CT molecular complexity index is 898. The highest BCUT2D eigenvalue weighted by molar-refractivity contribution is 5.84. The van der Waals surface area contributed by atoms with Crippen molar-refractivity contribution >= 4 is 16.8 Å². The summed E-state index contributed by atoms with van der Waals surface area (Å²) in [4.78, 5) is 27.6. The van der Waals surface area contributed by atoms with Gasteiger partial charge in [-0.15, -0.1) is 0 Å². The molecule has 0 unspecified atom stereocenters. The van der Waals surface area contributed by atoms with Crippen LogP contribution in [0.3, 0.4) is 0 Å². The van der Waals surface area contributed by atoms with Gasteiger partial charge in [-0.1, -0.05) is 37.5 Å². The quantitative estimate of drug-likeness (QED) is 0.785. The summed E-state index contributed by atoms with van der Waals surface area (Å²) in [5, 5.41) is 12.1. The minimum absolute atomic E-state index is 0.0600. The van der Waals surface area contributed by atoms with Gasteiger partial charge in [0.1, 0.15) is 0 Å². The van der Waals surface area contributed by atoms with Crippen LogP contribution < -0.4 is 16.2 Å². The van der Waals surface area contributed by atoms with E-state index in [0.29, 0.717) is 18.5 Å². The number of carbonyl (C=O) groups excluding carboxylic acids is 1. The second-order valence-electron chi connectivity index (χ2n) is 8.23. The average molecular weight is 398 g/mol. The zero-order valence-electron chi connectivity index (χ0n) is 17.0. The van der Waals surface area contributed by atoms with Crippen molar-refractivity contribution in [2.75, 3.05) is 19.6 Å². The largest absolute Gasteiger partial charge is 0.335 e. The van der Waals surface area contributed by atoms with Crippen molar-refractivity contribution in [2.45, 2.75) is 64.1 Å². The Morgan fingerprint density at radius 2 is 1.72 bits per heavy atom. The molecule has 0 radical (unpaired) electrons. The van der Waals surface area contributed by atoms with Crippen molar-refractivity contribution in [3.63, 3.8) is 0 Å². The normalized spacial score (nSPS) is 18.2. The molecule has 1 aliphatic carbocycles. The highest BCUT2D eigenvalue weighted by Gasteiger charge is 2.17. The maximum absolute atomic E-state index is 12.9. The molecule has 0 atom stereocenters. The van der Waals surface area contributed by atoms with E-state index < -0.39 is 0 Å². The van der Waals surface area contributed by atoms with Gasteiger partial charge in [0.2, 0.25) is 0 Å². The molecule has 1 saturated heterocycles. The molecule has 0 bridgehead atoms. The lowest BCUT2D eigenvalue weighted by Crippen LogP contribution is -2.43. The smallest absolute Gasteiger partial charge is 0.315 e. The first-order valence-corrected chi connectivity index (χ1v) is 11.0. The van der Waals surface area contributed by atoms with Crippen LogP contribution in [0.2, 0.25) is 0 Å². The molecule has 1 saturated carbocycles. The molecular weight excluding hydrogens is 366 g/mol. The van der Waals surface area contributed by atoms with Crippen LogP contribution in [0, 0.1) is 0 Å². The van der Waals surface area contributed by atoms with E-state index in [0.717, 1.165) is 43.6 Å². The molecule has 1 aromatic carbocycles. The van der Waals surface area contributed by atoms with Crippen LogP contribution in [-0.2, 0) is 13.1 Å². The van der Waals surface area contributed by atoms with Gasteiger partial charge in [-0.05, 0) is 44.8 Å². The Labute approximate surface area is 171 Å². The Morgan fingerprint density at radius 1 is 1.00 bits per heavy atom. The highest BCUT2D eigenvalue weighted by atomic mass is 16.2. The predicted molar refractivity (Wildman–Crippen MR) is 114 cm³/mol. The number of nitrogens with zero attached hydrogens (tertiary/aromatic N) is 3. The molecular formula is C22H31N5O2. The fourth-order valence-corrected chi connectivity index (χ4v) is 4.48. The van der Waals surface area contributed by atoms with Gasteiger partial charge in [0.25, 0.3) is 5.56 Å². The minimum atomic E-state index is -0.155. The molecule has 2 fully saturated rings. The molecule has 0 spiro atoms. The van der Waals surface area contributed by atoms with Crippen LogP contribution in [0.15, 0.2) is 29.1 Å². The van der Waals surface area contributed by atoms with Crippen LogP contribution in [-0.4, -0.2) is 46.4 Å². The number of rotatable bonds is 6. The zero-order valence-corrected chi connectivity index (χ0v) is 17.0. The van der Waals surface area contributed by atoms with Gasteiger partial charge in [0, 0.05) is 18.0 Å². The fraction of sp³-hybridized carbons (Fsp3) is 0.591. The van der Waals surface area contributed by atoms with Crippen molar-refractivity contribution in [2.24, 2.45) is 0 Å². The Morgan fingerprint density at radius 3 is 2.48 bits per heavy atom. The number of fused-ring (bicyclic) bond motifs is 1. The van der Waals surface area contributed by atoms with Crippen LogP contribution in [0.4, 0.5) is 4.79 Å². The number of hydrogen-bond acceptors (Lipinski definition) is 4. The number of nitrogens with one attached hydrogen (secondary N) is 2. The first-order valence-electron chi connectivity index (χ1n) is 11.0. The molecule has 156 valence electrons. The van der Waals surface area contributed by atoms with Crippen molar-refractivity contribution in [1.29, 1.82) is 0 Å². The monoisotopic (exact) mass is 397 g/mol. The maximum atomic E-state index is 12.9.